The smallest absolute Gasteiger partial charge is 0.323 e. The molecule has 0 spiro atoms. The highest BCUT2D eigenvalue weighted by atomic mass is 32.2. The van der Waals surface area contributed by atoms with E-state index in [1.807, 2.05) is 18.2 Å². The maximum Gasteiger partial charge on any atom is 0.323 e. The summed E-state index contributed by atoms with van der Waals surface area (Å²) in [7, 11) is -3.92. The molecule has 1 aliphatic heterocycles. The number of carboxylic acids is 1. The molecule has 1 saturated heterocycles. The van der Waals surface area contributed by atoms with Gasteiger partial charge in [-0.3, -0.25) is 9.59 Å². The Bertz CT molecular complexity index is 920. The molecule has 2 aromatic carbocycles. The van der Waals surface area contributed by atoms with Gasteiger partial charge in [0.25, 0.3) is 0 Å². The number of amides is 1. The van der Waals surface area contributed by atoms with Gasteiger partial charge in [-0.1, -0.05) is 36.4 Å². The lowest BCUT2D eigenvalue weighted by Gasteiger charge is -2.31. The zero-order valence-corrected chi connectivity index (χ0v) is 14.2. The van der Waals surface area contributed by atoms with Crippen LogP contribution in [0.3, 0.4) is 0 Å². The molecule has 8 heteroatoms. The summed E-state index contributed by atoms with van der Waals surface area (Å²) >= 11 is 0. The minimum Gasteiger partial charge on any atom is -0.480 e. The molecule has 1 heterocycles. The number of nitrogens with one attached hydrogen (secondary N) is 1. The first-order valence-corrected chi connectivity index (χ1v) is 9.37. The van der Waals surface area contributed by atoms with Crippen molar-refractivity contribution >= 4 is 32.7 Å². The molecule has 0 bridgehead atoms. The van der Waals surface area contributed by atoms with Crippen LogP contribution in [0.5, 0.6) is 0 Å². The van der Waals surface area contributed by atoms with Crippen LogP contribution in [-0.2, 0) is 19.6 Å². The van der Waals surface area contributed by atoms with Crippen LogP contribution in [0, 0.1) is 0 Å². The first kappa shape index (κ1) is 17.4. The van der Waals surface area contributed by atoms with Gasteiger partial charge in [-0.15, -0.1) is 0 Å². The van der Waals surface area contributed by atoms with E-state index in [-0.39, 0.29) is 4.90 Å². The predicted molar refractivity (Wildman–Crippen MR) is 91.5 cm³/mol. The SMILES string of the molecule is O=C(O)CN1CCC[C@H](NS(=O)(=O)c2cccc3ccccc23)C1=O. The van der Waals surface area contributed by atoms with E-state index >= 15 is 0 Å². The third-order valence-corrected chi connectivity index (χ3v) is 5.72. The summed E-state index contributed by atoms with van der Waals surface area (Å²) in [6.45, 7) is -0.108. The first-order valence-electron chi connectivity index (χ1n) is 7.89. The van der Waals surface area contributed by atoms with Gasteiger partial charge >= 0.3 is 5.97 Å². The molecule has 0 radical (unpaired) electrons. The minimum atomic E-state index is -3.92. The number of aliphatic carboxylic acids is 1. The zero-order valence-electron chi connectivity index (χ0n) is 13.4. The van der Waals surface area contributed by atoms with Gasteiger partial charge in [0.15, 0.2) is 0 Å². The van der Waals surface area contributed by atoms with Gasteiger partial charge in [0.2, 0.25) is 15.9 Å². The minimum absolute atomic E-state index is 0.105. The first-order chi connectivity index (χ1) is 11.9. The Hall–Kier alpha value is -2.45. The van der Waals surface area contributed by atoms with Crippen LogP contribution < -0.4 is 4.72 Å². The summed E-state index contributed by atoms with van der Waals surface area (Å²) in [5, 5.41) is 10.2. The lowest BCUT2D eigenvalue weighted by atomic mass is 10.1. The molecule has 7 nitrogen and oxygen atoms in total. The molecule has 1 atom stereocenters. The number of carbonyl (C=O) groups is 2. The monoisotopic (exact) mass is 362 g/mol. The van der Waals surface area contributed by atoms with E-state index in [1.165, 1.54) is 11.0 Å². The number of carbonyl (C=O) groups excluding carboxylic acids is 1. The van der Waals surface area contributed by atoms with Crippen LogP contribution >= 0.6 is 0 Å². The molecule has 132 valence electrons. The standard InChI is InChI=1S/C17H18N2O5S/c20-16(21)11-19-10-4-8-14(17(19)22)18-25(23,24)15-9-3-6-12-5-1-2-7-13(12)15/h1-3,5-7,9,14,18H,4,8,10-11H2,(H,20,21)/t14-/m0/s1. The molecule has 0 saturated carbocycles. The Morgan fingerprint density at radius 3 is 2.68 bits per heavy atom. The van der Waals surface area contributed by atoms with Crippen LogP contribution in [0.25, 0.3) is 10.8 Å². The summed E-state index contributed by atoms with van der Waals surface area (Å²) in [6, 6.07) is 11.1. The van der Waals surface area contributed by atoms with Crippen LogP contribution in [0.2, 0.25) is 0 Å². The highest BCUT2D eigenvalue weighted by molar-refractivity contribution is 7.89. The van der Waals surface area contributed by atoms with Crippen LogP contribution in [0.15, 0.2) is 47.4 Å². The summed E-state index contributed by atoms with van der Waals surface area (Å²) in [5.41, 5.74) is 0. The van der Waals surface area contributed by atoms with Gasteiger partial charge in [-0.25, -0.2) is 8.42 Å². The maximum atomic E-state index is 12.8. The molecule has 0 unspecified atom stereocenters. The van der Waals surface area contributed by atoms with Gasteiger partial charge in [-0.2, -0.15) is 4.72 Å². The van der Waals surface area contributed by atoms with Crippen LogP contribution in [0.4, 0.5) is 0 Å². The number of benzene rings is 2. The molecule has 1 aliphatic rings. The predicted octanol–water partition coefficient (Wildman–Crippen LogP) is 1.19. The van der Waals surface area contributed by atoms with Gasteiger partial charge in [-0.05, 0) is 24.3 Å². The van der Waals surface area contributed by atoms with E-state index in [0.29, 0.717) is 24.8 Å². The second kappa shape index (κ2) is 6.81. The van der Waals surface area contributed by atoms with Crippen molar-refractivity contribution in [1.29, 1.82) is 0 Å². The summed E-state index contributed by atoms with van der Waals surface area (Å²) in [4.78, 5) is 24.5. The van der Waals surface area contributed by atoms with E-state index in [0.717, 1.165) is 5.39 Å². The molecule has 25 heavy (non-hydrogen) atoms. The number of likely N-dealkylation sites (tertiary alicyclic amines) is 1. The average Bonchev–Trinajstić information content (AvgIpc) is 2.57. The lowest BCUT2D eigenvalue weighted by Crippen LogP contribution is -2.53. The van der Waals surface area contributed by atoms with Crippen molar-refractivity contribution in [3.05, 3.63) is 42.5 Å². The van der Waals surface area contributed by atoms with Crippen molar-refractivity contribution in [3.63, 3.8) is 0 Å². The van der Waals surface area contributed by atoms with Crippen molar-refractivity contribution < 1.29 is 23.1 Å². The van der Waals surface area contributed by atoms with Crippen molar-refractivity contribution in [1.82, 2.24) is 9.62 Å². The van der Waals surface area contributed by atoms with E-state index in [1.54, 1.807) is 18.2 Å². The third kappa shape index (κ3) is 3.64. The Morgan fingerprint density at radius 1 is 1.20 bits per heavy atom. The van der Waals surface area contributed by atoms with E-state index in [2.05, 4.69) is 4.72 Å². The Kier molecular flexibility index (Phi) is 4.73. The van der Waals surface area contributed by atoms with Crippen LogP contribution in [0.1, 0.15) is 12.8 Å². The Morgan fingerprint density at radius 2 is 1.92 bits per heavy atom. The highest BCUT2D eigenvalue weighted by Crippen LogP contribution is 2.24. The fraction of sp³-hybridized carbons (Fsp3) is 0.294. The van der Waals surface area contributed by atoms with E-state index < -0.39 is 34.5 Å². The van der Waals surface area contributed by atoms with Crippen molar-refractivity contribution in [2.75, 3.05) is 13.1 Å². The van der Waals surface area contributed by atoms with Gasteiger partial charge in [0.05, 0.1) is 4.90 Å². The van der Waals surface area contributed by atoms with Gasteiger partial charge in [0, 0.05) is 11.9 Å². The third-order valence-electron chi connectivity index (χ3n) is 4.19. The van der Waals surface area contributed by atoms with Crippen LogP contribution in [-0.4, -0.2) is 49.4 Å². The van der Waals surface area contributed by atoms with Crippen molar-refractivity contribution in [2.45, 2.75) is 23.8 Å². The largest absolute Gasteiger partial charge is 0.480 e. The quantitative estimate of drug-likeness (QED) is 0.832. The summed E-state index contributed by atoms with van der Waals surface area (Å²) < 4.78 is 28.0. The Balaban J connectivity index is 1.88. The highest BCUT2D eigenvalue weighted by Gasteiger charge is 2.33. The fourth-order valence-corrected chi connectivity index (χ4v) is 4.50. The number of rotatable bonds is 5. The molecule has 2 N–H and O–H groups in total. The molecular weight excluding hydrogens is 344 g/mol. The number of nitrogens with zero attached hydrogens (tertiary/aromatic N) is 1. The molecular formula is C17H18N2O5S. The van der Waals surface area contributed by atoms with Crippen molar-refractivity contribution in [3.8, 4) is 0 Å². The second-order valence-electron chi connectivity index (χ2n) is 5.95. The molecule has 1 fully saturated rings. The van der Waals surface area contributed by atoms with Gasteiger partial charge < -0.3 is 10.0 Å². The summed E-state index contributed by atoms with van der Waals surface area (Å²) in [6.07, 6.45) is 0.890. The Labute approximate surface area is 145 Å². The molecule has 3 rings (SSSR count). The normalized spacial score (nSPS) is 18.5. The molecule has 0 aliphatic carbocycles. The zero-order chi connectivity index (χ0) is 18.0. The number of hydrogen-bond acceptors (Lipinski definition) is 4. The lowest BCUT2D eigenvalue weighted by molar-refractivity contribution is -0.146. The maximum absolute atomic E-state index is 12.8. The number of carboxylic acid groups (broad SMARTS) is 1. The number of fused-ring (bicyclic) bond motifs is 1. The number of sulfonamides is 1. The molecule has 2 aromatic rings. The number of piperidine rings is 1. The average molecular weight is 362 g/mol. The van der Waals surface area contributed by atoms with Crippen molar-refractivity contribution in [2.24, 2.45) is 0 Å². The fourth-order valence-electron chi connectivity index (χ4n) is 3.05. The number of hydrogen-bond donors (Lipinski definition) is 2. The van der Waals surface area contributed by atoms with Gasteiger partial charge in [0.1, 0.15) is 12.6 Å². The summed E-state index contributed by atoms with van der Waals surface area (Å²) in [5.74, 6) is -1.62. The second-order valence-corrected chi connectivity index (χ2v) is 7.63. The van der Waals surface area contributed by atoms with E-state index in [9.17, 15) is 18.0 Å². The molecule has 0 aromatic heterocycles. The van der Waals surface area contributed by atoms with E-state index in [4.69, 9.17) is 5.11 Å². The molecule has 1 amide bonds. The topological polar surface area (TPSA) is 104 Å².